The normalized spacial score (nSPS) is 16.5. The van der Waals surface area contributed by atoms with E-state index in [9.17, 15) is 23.3 Å². The highest BCUT2D eigenvalue weighted by Crippen LogP contribution is 2.43. The fraction of sp³-hybridized carbons (Fsp3) is 0.275. The lowest BCUT2D eigenvalue weighted by atomic mass is 9.72. The van der Waals surface area contributed by atoms with E-state index in [-0.39, 0.29) is 16.7 Å². The first-order valence-corrected chi connectivity index (χ1v) is 19.3. The van der Waals surface area contributed by atoms with Crippen molar-refractivity contribution in [2.75, 3.05) is 37.6 Å². The minimum Gasteiger partial charge on any atom is -0.456 e. The number of nitro groups is 1. The van der Waals surface area contributed by atoms with Crippen molar-refractivity contribution in [3.05, 3.63) is 129 Å². The molecule has 0 bridgehead atoms. The number of anilines is 1. The number of fused-ring (bicyclic) bond motifs is 1. The van der Waals surface area contributed by atoms with Crippen molar-refractivity contribution in [1.82, 2.24) is 14.6 Å². The van der Waals surface area contributed by atoms with Crippen LogP contribution in [0.5, 0.6) is 11.5 Å². The van der Waals surface area contributed by atoms with Gasteiger partial charge in [-0.05, 0) is 90.4 Å². The summed E-state index contributed by atoms with van der Waals surface area (Å²) in [4.78, 5) is 31.6. The number of carbonyl (C=O) groups is 1. The third-order valence-electron chi connectivity index (χ3n) is 10.1. The molecule has 1 amide bonds. The largest absolute Gasteiger partial charge is 0.456 e. The number of rotatable bonds is 10. The van der Waals surface area contributed by atoms with Gasteiger partial charge in [-0.15, -0.1) is 0 Å². The first-order chi connectivity index (χ1) is 25.3. The van der Waals surface area contributed by atoms with E-state index in [4.69, 9.17) is 16.3 Å². The van der Waals surface area contributed by atoms with Gasteiger partial charge in [0, 0.05) is 78.7 Å². The summed E-state index contributed by atoms with van der Waals surface area (Å²) in [5.41, 5.74) is 5.71. The molecule has 0 spiro atoms. The molecule has 2 aliphatic rings. The molecule has 2 heterocycles. The Balaban J connectivity index is 1.11. The highest BCUT2D eigenvalue weighted by molar-refractivity contribution is 7.90. The van der Waals surface area contributed by atoms with Crippen molar-refractivity contribution >= 4 is 55.4 Å². The SMILES string of the molecule is CC1(C)CCC(CN2CCN(c3ccc(C(=O)NS(=O)(=O)c4cccc([N+](=O)[O-])c4)c(Oc4ccc5[nH]ccc5c4)c3)CC2)=C(c2ccc(Cl)cc2)C1. The van der Waals surface area contributed by atoms with Gasteiger partial charge >= 0.3 is 0 Å². The second-order valence-corrected chi connectivity index (χ2v) is 16.5. The topological polar surface area (TPSA) is 138 Å². The van der Waals surface area contributed by atoms with Gasteiger partial charge < -0.3 is 14.6 Å². The van der Waals surface area contributed by atoms with E-state index in [1.54, 1.807) is 24.3 Å². The molecule has 1 aliphatic carbocycles. The number of allylic oxidation sites excluding steroid dienone is 1. The Morgan fingerprint density at radius 1 is 0.981 bits per heavy atom. The number of H-pyrrole nitrogens is 1. The van der Waals surface area contributed by atoms with Crippen molar-refractivity contribution in [2.24, 2.45) is 5.41 Å². The molecule has 11 nitrogen and oxygen atoms in total. The number of amides is 1. The summed E-state index contributed by atoms with van der Waals surface area (Å²) in [6.07, 6.45) is 5.04. The number of hydrogen-bond donors (Lipinski definition) is 2. The number of carbonyl (C=O) groups excluding carboxylic acids is 1. The van der Waals surface area contributed by atoms with Crippen LogP contribution in [0.3, 0.4) is 0 Å². The van der Waals surface area contributed by atoms with E-state index in [1.165, 1.54) is 34.9 Å². The van der Waals surface area contributed by atoms with Gasteiger partial charge in [0.15, 0.2) is 0 Å². The maximum absolute atomic E-state index is 13.6. The zero-order valence-corrected chi connectivity index (χ0v) is 31.0. The molecule has 0 atom stereocenters. The second-order valence-electron chi connectivity index (χ2n) is 14.4. The number of nitrogens with one attached hydrogen (secondary N) is 2. The molecular formula is C40H40ClN5O6S. The van der Waals surface area contributed by atoms with Crippen LogP contribution in [0.1, 0.15) is 49.0 Å². The summed E-state index contributed by atoms with van der Waals surface area (Å²) in [6.45, 7) is 8.74. The van der Waals surface area contributed by atoms with E-state index in [0.29, 0.717) is 5.75 Å². The van der Waals surface area contributed by atoms with E-state index in [0.717, 1.165) is 79.7 Å². The van der Waals surface area contributed by atoms with E-state index in [1.807, 2.05) is 36.5 Å². The van der Waals surface area contributed by atoms with Gasteiger partial charge in [0.25, 0.3) is 21.6 Å². The summed E-state index contributed by atoms with van der Waals surface area (Å²) in [5.74, 6) is -0.282. The van der Waals surface area contributed by atoms with Crippen LogP contribution in [-0.2, 0) is 10.0 Å². The smallest absolute Gasteiger partial charge is 0.270 e. The predicted molar refractivity (Wildman–Crippen MR) is 207 cm³/mol. The average molecular weight is 754 g/mol. The van der Waals surface area contributed by atoms with Crippen molar-refractivity contribution in [1.29, 1.82) is 0 Å². The molecule has 0 unspecified atom stereocenters. The second kappa shape index (κ2) is 14.7. The van der Waals surface area contributed by atoms with Crippen LogP contribution in [0.25, 0.3) is 16.5 Å². The number of benzene rings is 4. The lowest BCUT2D eigenvalue weighted by Crippen LogP contribution is -2.47. The number of aromatic amines is 1. The highest BCUT2D eigenvalue weighted by atomic mass is 35.5. The highest BCUT2D eigenvalue weighted by Gasteiger charge is 2.30. The van der Waals surface area contributed by atoms with Gasteiger partial charge in [0.1, 0.15) is 11.5 Å². The van der Waals surface area contributed by atoms with Crippen molar-refractivity contribution in [3.8, 4) is 11.5 Å². The zero-order chi connectivity index (χ0) is 37.3. The third kappa shape index (κ3) is 8.25. The number of sulfonamides is 1. The molecular weight excluding hydrogens is 714 g/mol. The Kier molecular flexibility index (Phi) is 10.0. The van der Waals surface area contributed by atoms with Crippen LogP contribution in [-0.4, -0.2) is 61.9 Å². The number of halogens is 1. The molecule has 13 heteroatoms. The van der Waals surface area contributed by atoms with Gasteiger partial charge in [-0.2, -0.15) is 0 Å². The van der Waals surface area contributed by atoms with Crippen LogP contribution in [0, 0.1) is 15.5 Å². The maximum atomic E-state index is 13.6. The number of ether oxygens (including phenoxy) is 1. The van der Waals surface area contributed by atoms with E-state index < -0.39 is 31.4 Å². The first-order valence-electron chi connectivity index (χ1n) is 17.5. The molecule has 1 aliphatic heterocycles. The van der Waals surface area contributed by atoms with Gasteiger partial charge in [-0.1, -0.05) is 49.2 Å². The maximum Gasteiger partial charge on any atom is 0.270 e. The van der Waals surface area contributed by atoms with E-state index in [2.05, 4.69) is 45.5 Å². The monoisotopic (exact) mass is 753 g/mol. The van der Waals surface area contributed by atoms with Crippen LogP contribution < -0.4 is 14.4 Å². The third-order valence-corrected chi connectivity index (χ3v) is 11.6. The summed E-state index contributed by atoms with van der Waals surface area (Å²) in [6, 6.07) is 25.2. The van der Waals surface area contributed by atoms with Crippen LogP contribution >= 0.6 is 11.6 Å². The number of nitro benzene ring substituents is 1. The molecule has 4 aromatic carbocycles. The standard InChI is InChI=1S/C40H40ClN5O6S/c1-40(2)16-14-29(36(25-40)27-6-8-30(41)9-7-27)26-44-18-20-45(21-19-44)31-10-12-35(38(24-31)52-33-11-13-37-28(22-33)15-17-42-37)39(47)43-53(50,51)34-5-3-4-32(23-34)46(48)49/h3-13,15,17,22-24,42H,14,16,18-21,25-26H2,1-2H3,(H,43,47). The van der Waals surface area contributed by atoms with Crippen molar-refractivity contribution in [2.45, 2.75) is 38.0 Å². The molecule has 0 radical (unpaired) electrons. The van der Waals surface area contributed by atoms with Gasteiger partial charge in [0.05, 0.1) is 15.4 Å². The molecule has 1 aromatic heterocycles. The molecule has 1 fully saturated rings. The zero-order valence-electron chi connectivity index (χ0n) is 29.5. The molecule has 0 saturated carbocycles. The van der Waals surface area contributed by atoms with Crippen molar-refractivity contribution < 1.29 is 22.9 Å². The van der Waals surface area contributed by atoms with E-state index >= 15 is 0 Å². The number of piperazine rings is 1. The van der Waals surface area contributed by atoms with Gasteiger partial charge in [-0.25, -0.2) is 13.1 Å². The fourth-order valence-electron chi connectivity index (χ4n) is 7.10. The van der Waals surface area contributed by atoms with Crippen LogP contribution in [0.2, 0.25) is 5.02 Å². The molecule has 53 heavy (non-hydrogen) atoms. The molecule has 274 valence electrons. The van der Waals surface area contributed by atoms with Gasteiger partial charge in [0.2, 0.25) is 0 Å². The summed E-state index contributed by atoms with van der Waals surface area (Å²) >= 11 is 6.21. The van der Waals surface area contributed by atoms with Gasteiger partial charge in [-0.3, -0.25) is 19.8 Å². The number of non-ortho nitro benzene ring substituents is 1. The molecule has 5 aromatic rings. The Morgan fingerprint density at radius 2 is 1.75 bits per heavy atom. The lowest BCUT2D eigenvalue weighted by molar-refractivity contribution is -0.385. The Hall–Kier alpha value is -5.17. The lowest BCUT2D eigenvalue weighted by Gasteiger charge is -2.39. The quantitative estimate of drug-likeness (QED) is 0.107. The van der Waals surface area contributed by atoms with Crippen LogP contribution in [0.4, 0.5) is 11.4 Å². The Morgan fingerprint density at radius 3 is 2.51 bits per heavy atom. The summed E-state index contributed by atoms with van der Waals surface area (Å²) in [5, 5.41) is 12.9. The Labute approximate surface area is 313 Å². The number of nitrogens with zero attached hydrogens (tertiary/aromatic N) is 3. The summed E-state index contributed by atoms with van der Waals surface area (Å²) in [7, 11) is -4.44. The van der Waals surface area contributed by atoms with Crippen molar-refractivity contribution in [3.63, 3.8) is 0 Å². The molecule has 1 saturated heterocycles. The number of hydrogen-bond acceptors (Lipinski definition) is 8. The fourth-order valence-corrected chi connectivity index (χ4v) is 8.23. The first kappa shape index (κ1) is 36.2. The average Bonchev–Trinajstić information content (AvgIpc) is 3.61. The minimum atomic E-state index is -4.44. The van der Waals surface area contributed by atoms with Crippen LogP contribution in [0.15, 0.2) is 108 Å². The predicted octanol–water partition coefficient (Wildman–Crippen LogP) is 8.43. The minimum absolute atomic E-state index is 0.00236. The Bertz CT molecular complexity index is 2330. The summed E-state index contributed by atoms with van der Waals surface area (Å²) < 4.78 is 34.7. The molecule has 2 N–H and O–H groups in total. The molecule has 7 rings (SSSR count). The number of aromatic nitrogens is 1.